The third-order valence-corrected chi connectivity index (χ3v) is 4.58. The number of nitrogens with zero attached hydrogens (tertiary/aromatic N) is 3. The van der Waals surface area contributed by atoms with Gasteiger partial charge in [-0.25, -0.2) is 9.97 Å². The summed E-state index contributed by atoms with van der Waals surface area (Å²) >= 11 is 6.14. The Hall–Kier alpha value is -1.88. The van der Waals surface area contributed by atoms with E-state index in [0.29, 0.717) is 24.0 Å². The van der Waals surface area contributed by atoms with Gasteiger partial charge in [0.15, 0.2) is 0 Å². The van der Waals surface area contributed by atoms with Crippen molar-refractivity contribution in [2.75, 3.05) is 18.0 Å². The number of amides is 1. The number of anilines is 1. The van der Waals surface area contributed by atoms with Gasteiger partial charge in [0.1, 0.15) is 11.6 Å². The van der Waals surface area contributed by atoms with Crippen molar-refractivity contribution in [1.29, 1.82) is 0 Å². The number of carbonyl (C=O) groups is 1. The fourth-order valence-corrected chi connectivity index (χ4v) is 3.06. The van der Waals surface area contributed by atoms with Gasteiger partial charge in [-0.2, -0.15) is 0 Å². The van der Waals surface area contributed by atoms with E-state index in [-0.39, 0.29) is 5.91 Å². The first-order chi connectivity index (χ1) is 12.1. The number of carbonyl (C=O) groups excluding carboxylic acids is 1. The Morgan fingerprint density at radius 3 is 2.76 bits per heavy atom. The van der Waals surface area contributed by atoms with E-state index in [1.54, 1.807) is 0 Å². The minimum atomic E-state index is 0.126. The van der Waals surface area contributed by atoms with Gasteiger partial charge in [0.2, 0.25) is 5.91 Å². The fourth-order valence-electron chi connectivity index (χ4n) is 2.89. The lowest BCUT2D eigenvalue weighted by Gasteiger charge is -2.25. The predicted octanol–water partition coefficient (Wildman–Crippen LogP) is 3.73. The van der Waals surface area contributed by atoms with Crippen molar-refractivity contribution in [3.63, 3.8) is 0 Å². The Bertz CT molecular complexity index is 760. The van der Waals surface area contributed by atoms with E-state index >= 15 is 0 Å². The minimum absolute atomic E-state index is 0.126. The number of aryl methyl sites for hydroxylation is 1. The molecule has 0 bridgehead atoms. The first kappa shape index (κ1) is 17.9. The molecule has 0 atom stereocenters. The molecule has 2 aromatic rings. The Morgan fingerprint density at radius 2 is 2.08 bits per heavy atom. The van der Waals surface area contributed by atoms with Crippen LogP contribution < -0.4 is 10.2 Å². The lowest BCUT2D eigenvalue weighted by atomic mass is 10.2. The zero-order valence-corrected chi connectivity index (χ0v) is 15.6. The number of nitrogens with one attached hydrogen (secondary N) is 1. The van der Waals surface area contributed by atoms with E-state index in [0.717, 1.165) is 54.8 Å². The van der Waals surface area contributed by atoms with Crippen LogP contribution in [0.2, 0.25) is 5.02 Å². The van der Waals surface area contributed by atoms with Gasteiger partial charge in [-0.15, -0.1) is 0 Å². The highest BCUT2D eigenvalue weighted by atomic mass is 35.5. The molecule has 0 radical (unpaired) electrons. The highest BCUT2D eigenvalue weighted by Gasteiger charge is 2.23. The van der Waals surface area contributed by atoms with Crippen LogP contribution in [0.5, 0.6) is 0 Å². The van der Waals surface area contributed by atoms with Crippen molar-refractivity contribution < 1.29 is 4.79 Å². The summed E-state index contributed by atoms with van der Waals surface area (Å²) in [6.45, 7) is 5.69. The summed E-state index contributed by atoms with van der Waals surface area (Å²) in [6.07, 6.45) is 4.46. The summed E-state index contributed by atoms with van der Waals surface area (Å²) in [6, 6.07) is 6.12. The summed E-state index contributed by atoms with van der Waals surface area (Å²) in [7, 11) is 0. The third-order valence-electron chi connectivity index (χ3n) is 4.35. The van der Waals surface area contributed by atoms with Crippen LogP contribution in [0.25, 0.3) is 10.9 Å². The van der Waals surface area contributed by atoms with Crippen LogP contribution in [0.3, 0.4) is 0 Å². The number of rotatable bonds is 8. The second kappa shape index (κ2) is 8.00. The van der Waals surface area contributed by atoms with Gasteiger partial charge < -0.3 is 10.2 Å². The Balaban J connectivity index is 1.87. The molecule has 0 aliphatic heterocycles. The van der Waals surface area contributed by atoms with Crippen molar-refractivity contribution in [1.82, 2.24) is 15.3 Å². The number of hydrogen-bond donors (Lipinski definition) is 1. The van der Waals surface area contributed by atoms with Gasteiger partial charge in [-0.3, -0.25) is 4.79 Å². The Kier molecular flexibility index (Phi) is 5.74. The second-order valence-electron chi connectivity index (χ2n) is 6.56. The lowest BCUT2D eigenvalue weighted by Crippen LogP contribution is -2.33. The van der Waals surface area contributed by atoms with E-state index in [1.165, 1.54) is 0 Å². The van der Waals surface area contributed by atoms with Crippen molar-refractivity contribution >= 4 is 34.2 Å². The summed E-state index contributed by atoms with van der Waals surface area (Å²) in [5.74, 6) is 1.83. The van der Waals surface area contributed by atoms with Gasteiger partial charge in [0, 0.05) is 42.4 Å². The van der Waals surface area contributed by atoms with Crippen LogP contribution in [0.15, 0.2) is 18.2 Å². The molecule has 1 aliphatic rings. The third kappa shape index (κ3) is 4.60. The monoisotopic (exact) mass is 360 g/mol. The van der Waals surface area contributed by atoms with Crippen LogP contribution in [0.1, 0.15) is 45.4 Å². The quantitative estimate of drug-likeness (QED) is 0.779. The molecule has 0 saturated heterocycles. The van der Waals surface area contributed by atoms with Crippen molar-refractivity contribution in [2.45, 2.75) is 52.0 Å². The van der Waals surface area contributed by atoms with E-state index in [4.69, 9.17) is 16.6 Å². The second-order valence-corrected chi connectivity index (χ2v) is 6.99. The predicted molar refractivity (Wildman–Crippen MR) is 102 cm³/mol. The van der Waals surface area contributed by atoms with Gasteiger partial charge in [-0.1, -0.05) is 25.4 Å². The van der Waals surface area contributed by atoms with E-state index in [2.05, 4.69) is 22.1 Å². The average molecular weight is 361 g/mol. The van der Waals surface area contributed by atoms with Crippen LogP contribution in [0, 0.1) is 0 Å². The molecule has 0 spiro atoms. The first-order valence-corrected chi connectivity index (χ1v) is 9.49. The SMILES string of the molecule is CCCN(CCC(=O)NC1CC1)c1nc(CC)nc2cc(Cl)ccc12. The minimum Gasteiger partial charge on any atom is -0.355 e. The molecule has 5 nitrogen and oxygen atoms in total. The molecule has 6 heteroatoms. The highest BCUT2D eigenvalue weighted by molar-refractivity contribution is 6.31. The lowest BCUT2D eigenvalue weighted by molar-refractivity contribution is -0.121. The molecule has 1 aromatic heterocycles. The van der Waals surface area contributed by atoms with Gasteiger partial charge in [-0.05, 0) is 37.5 Å². The summed E-state index contributed by atoms with van der Waals surface area (Å²) in [5, 5.41) is 4.71. The maximum atomic E-state index is 12.1. The average Bonchev–Trinajstić information content (AvgIpc) is 3.41. The molecule has 1 heterocycles. The van der Waals surface area contributed by atoms with Crippen molar-refractivity contribution in [2.24, 2.45) is 0 Å². The van der Waals surface area contributed by atoms with Gasteiger partial charge >= 0.3 is 0 Å². The van der Waals surface area contributed by atoms with E-state index in [1.807, 2.05) is 25.1 Å². The molecule has 1 fully saturated rings. The topological polar surface area (TPSA) is 58.1 Å². The number of fused-ring (bicyclic) bond motifs is 1. The number of halogens is 1. The molecule has 1 aromatic carbocycles. The van der Waals surface area contributed by atoms with Crippen molar-refractivity contribution in [3.05, 3.63) is 29.0 Å². The van der Waals surface area contributed by atoms with Crippen molar-refractivity contribution in [3.8, 4) is 0 Å². The Morgan fingerprint density at radius 1 is 1.28 bits per heavy atom. The number of aromatic nitrogens is 2. The van der Waals surface area contributed by atoms with E-state index in [9.17, 15) is 4.79 Å². The molecular weight excluding hydrogens is 336 g/mol. The van der Waals surface area contributed by atoms with Gasteiger partial charge in [0.25, 0.3) is 0 Å². The number of hydrogen-bond acceptors (Lipinski definition) is 4. The first-order valence-electron chi connectivity index (χ1n) is 9.11. The van der Waals surface area contributed by atoms with Gasteiger partial charge in [0.05, 0.1) is 5.52 Å². The smallest absolute Gasteiger partial charge is 0.221 e. The number of benzene rings is 1. The largest absolute Gasteiger partial charge is 0.355 e. The maximum Gasteiger partial charge on any atom is 0.221 e. The molecule has 3 rings (SSSR count). The molecule has 1 N–H and O–H groups in total. The molecule has 1 aliphatic carbocycles. The van der Waals surface area contributed by atoms with Crippen LogP contribution >= 0.6 is 11.6 Å². The fraction of sp³-hybridized carbons (Fsp3) is 0.526. The van der Waals surface area contributed by atoms with E-state index < -0.39 is 0 Å². The highest BCUT2D eigenvalue weighted by Crippen LogP contribution is 2.27. The van der Waals surface area contributed by atoms with Crippen LogP contribution in [0.4, 0.5) is 5.82 Å². The van der Waals surface area contributed by atoms with Crippen LogP contribution in [-0.4, -0.2) is 35.0 Å². The summed E-state index contributed by atoms with van der Waals surface area (Å²) < 4.78 is 0. The zero-order valence-electron chi connectivity index (χ0n) is 14.9. The van der Waals surface area contributed by atoms with Crippen LogP contribution in [-0.2, 0) is 11.2 Å². The normalized spacial score (nSPS) is 13.9. The summed E-state index contributed by atoms with van der Waals surface area (Å²) in [5.41, 5.74) is 0.859. The Labute approximate surface area is 153 Å². The molecule has 0 unspecified atom stereocenters. The molecular formula is C19H25ClN4O. The molecule has 25 heavy (non-hydrogen) atoms. The molecule has 1 amide bonds. The maximum absolute atomic E-state index is 12.1. The molecule has 1 saturated carbocycles. The standard InChI is InChI=1S/C19H25ClN4O/c1-3-10-24(11-9-18(25)21-14-6-7-14)19-15-8-5-13(20)12-16(15)22-17(4-2)23-19/h5,8,12,14H,3-4,6-7,9-11H2,1-2H3,(H,21,25). The zero-order chi connectivity index (χ0) is 17.8. The molecule has 134 valence electrons. The summed E-state index contributed by atoms with van der Waals surface area (Å²) in [4.78, 5) is 23.6.